The Labute approximate surface area is 127 Å². The maximum Gasteiger partial charge on any atom is 0.252 e. The predicted molar refractivity (Wildman–Crippen MR) is 86.5 cm³/mol. The summed E-state index contributed by atoms with van der Waals surface area (Å²) in [5.41, 5.74) is 0.633. The fraction of sp³-hybridized carbons (Fsp3) is 0.647. The molecule has 21 heavy (non-hydrogen) atoms. The van der Waals surface area contributed by atoms with Crippen molar-refractivity contribution in [3.05, 3.63) is 23.9 Å². The highest BCUT2D eigenvalue weighted by Crippen LogP contribution is 2.30. The number of carbonyl (C=O) groups excluding carboxylic acids is 1. The Balaban J connectivity index is 1.73. The van der Waals surface area contributed by atoms with Crippen LogP contribution in [0.3, 0.4) is 0 Å². The number of hydrogen-bond donors (Lipinski definition) is 2. The number of aromatic nitrogens is 1. The first-order chi connectivity index (χ1) is 10.2. The summed E-state index contributed by atoms with van der Waals surface area (Å²) >= 11 is 0. The highest BCUT2D eigenvalue weighted by atomic mass is 16.1. The third-order valence-corrected chi connectivity index (χ3v) is 4.27. The summed E-state index contributed by atoms with van der Waals surface area (Å²) in [5, 5.41) is 6.13. The van der Waals surface area contributed by atoms with Crippen molar-refractivity contribution in [1.29, 1.82) is 0 Å². The van der Waals surface area contributed by atoms with Gasteiger partial charge in [0.2, 0.25) is 0 Å². The van der Waals surface area contributed by atoms with E-state index in [9.17, 15) is 4.79 Å². The maximum atomic E-state index is 12.0. The van der Waals surface area contributed by atoms with Crippen LogP contribution in [0, 0.1) is 11.8 Å². The number of carbonyl (C=O) groups is 1. The summed E-state index contributed by atoms with van der Waals surface area (Å²) in [6, 6.07) is 3.67. The molecule has 1 aromatic heterocycles. The molecule has 0 radical (unpaired) electrons. The molecule has 4 nitrogen and oxygen atoms in total. The summed E-state index contributed by atoms with van der Waals surface area (Å²) in [6.45, 7) is 5.96. The fourth-order valence-electron chi connectivity index (χ4n) is 3.13. The van der Waals surface area contributed by atoms with E-state index in [1.165, 1.54) is 25.7 Å². The summed E-state index contributed by atoms with van der Waals surface area (Å²) in [4.78, 5) is 16.3. The molecule has 2 unspecified atom stereocenters. The van der Waals surface area contributed by atoms with E-state index in [-0.39, 0.29) is 5.91 Å². The molecule has 1 aliphatic carbocycles. The summed E-state index contributed by atoms with van der Waals surface area (Å²) < 4.78 is 0. The van der Waals surface area contributed by atoms with E-state index in [4.69, 9.17) is 0 Å². The van der Waals surface area contributed by atoms with Gasteiger partial charge in [0.15, 0.2) is 0 Å². The number of nitrogens with zero attached hydrogens (tertiary/aromatic N) is 1. The average molecular weight is 289 g/mol. The molecule has 1 aromatic rings. The molecule has 0 spiro atoms. The molecular weight excluding hydrogens is 262 g/mol. The van der Waals surface area contributed by atoms with Gasteiger partial charge in [-0.3, -0.25) is 4.79 Å². The lowest BCUT2D eigenvalue weighted by Crippen LogP contribution is -2.27. The molecule has 0 saturated heterocycles. The molecule has 1 saturated carbocycles. The van der Waals surface area contributed by atoms with Crippen molar-refractivity contribution < 1.29 is 4.79 Å². The van der Waals surface area contributed by atoms with Crippen LogP contribution in [0.25, 0.3) is 0 Å². The lowest BCUT2D eigenvalue weighted by molar-refractivity contribution is 0.0949. The van der Waals surface area contributed by atoms with Gasteiger partial charge in [-0.25, -0.2) is 4.98 Å². The second-order valence-corrected chi connectivity index (χ2v) is 6.14. The van der Waals surface area contributed by atoms with Crippen molar-refractivity contribution in [1.82, 2.24) is 10.3 Å². The molecule has 116 valence electrons. The van der Waals surface area contributed by atoms with Gasteiger partial charge < -0.3 is 10.6 Å². The van der Waals surface area contributed by atoms with Crippen LogP contribution in [-0.2, 0) is 0 Å². The van der Waals surface area contributed by atoms with Crippen LogP contribution in [0.2, 0.25) is 0 Å². The first kappa shape index (κ1) is 15.8. The number of nitrogens with one attached hydrogen (secondary N) is 2. The standard InChI is InChI=1S/C17H27N3O/c1-3-18-16-8-7-15(12-20-16)17(21)19-10-9-14-6-4-5-13(2)11-14/h7-8,12-14H,3-6,9-11H2,1-2H3,(H,18,20)(H,19,21). The molecule has 1 heterocycles. The first-order valence-corrected chi connectivity index (χ1v) is 8.17. The van der Waals surface area contributed by atoms with Crippen LogP contribution < -0.4 is 10.6 Å². The molecule has 4 heteroatoms. The van der Waals surface area contributed by atoms with Crippen molar-refractivity contribution in [2.45, 2.75) is 46.0 Å². The van der Waals surface area contributed by atoms with Gasteiger partial charge in [0.05, 0.1) is 5.56 Å². The van der Waals surface area contributed by atoms with E-state index in [0.717, 1.165) is 37.2 Å². The number of pyridine rings is 1. The minimum absolute atomic E-state index is 0.0191. The Morgan fingerprint density at radius 1 is 1.38 bits per heavy atom. The zero-order valence-corrected chi connectivity index (χ0v) is 13.2. The third-order valence-electron chi connectivity index (χ3n) is 4.27. The van der Waals surface area contributed by atoms with Crippen molar-refractivity contribution in [3.63, 3.8) is 0 Å². The lowest BCUT2D eigenvalue weighted by Gasteiger charge is -2.26. The van der Waals surface area contributed by atoms with Crippen molar-refractivity contribution in [2.24, 2.45) is 11.8 Å². The van der Waals surface area contributed by atoms with Gasteiger partial charge in [-0.2, -0.15) is 0 Å². The highest BCUT2D eigenvalue weighted by Gasteiger charge is 2.18. The molecule has 1 amide bonds. The third kappa shape index (κ3) is 5.03. The summed E-state index contributed by atoms with van der Waals surface area (Å²) in [5.74, 6) is 2.42. The van der Waals surface area contributed by atoms with Crippen molar-refractivity contribution in [2.75, 3.05) is 18.4 Å². The van der Waals surface area contributed by atoms with Crippen LogP contribution in [0.5, 0.6) is 0 Å². The maximum absolute atomic E-state index is 12.0. The van der Waals surface area contributed by atoms with Crippen LogP contribution in [-0.4, -0.2) is 24.0 Å². The summed E-state index contributed by atoms with van der Waals surface area (Å²) in [7, 11) is 0. The van der Waals surface area contributed by atoms with Crippen LogP contribution in [0.1, 0.15) is 56.3 Å². The molecule has 1 aliphatic rings. The fourth-order valence-corrected chi connectivity index (χ4v) is 3.13. The van der Waals surface area contributed by atoms with Crippen LogP contribution in [0.4, 0.5) is 5.82 Å². The van der Waals surface area contributed by atoms with Gasteiger partial charge in [0, 0.05) is 19.3 Å². The number of hydrogen-bond acceptors (Lipinski definition) is 3. The molecular formula is C17H27N3O. The van der Waals surface area contributed by atoms with Gasteiger partial charge in [-0.1, -0.05) is 26.2 Å². The second-order valence-electron chi connectivity index (χ2n) is 6.14. The number of amides is 1. The van der Waals surface area contributed by atoms with Crippen molar-refractivity contribution >= 4 is 11.7 Å². The Bertz CT molecular complexity index is 444. The van der Waals surface area contributed by atoms with Crippen LogP contribution >= 0.6 is 0 Å². The monoisotopic (exact) mass is 289 g/mol. The molecule has 0 aromatic carbocycles. The zero-order valence-electron chi connectivity index (χ0n) is 13.2. The smallest absolute Gasteiger partial charge is 0.252 e. The SMILES string of the molecule is CCNc1ccc(C(=O)NCCC2CCCC(C)C2)cn1. The molecule has 0 aliphatic heterocycles. The normalized spacial score (nSPS) is 21.8. The average Bonchev–Trinajstić information content (AvgIpc) is 2.48. The molecule has 2 N–H and O–H groups in total. The molecule has 1 fully saturated rings. The van der Waals surface area contributed by atoms with Gasteiger partial charge in [0.1, 0.15) is 5.82 Å². The van der Waals surface area contributed by atoms with E-state index < -0.39 is 0 Å². The molecule has 0 bridgehead atoms. The second kappa shape index (κ2) is 8.01. The van der Waals surface area contributed by atoms with Gasteiger partial charge >= 0.3 is 0 Å². The number of rotatable bonds is 6. The zero-order chi connectivity index (χ0) is 15.1. The van der Waals surface area contributed by atoms with Gasteiger partial charge in [0.25, 0.3) is 5.91 Å². The lowest BCUT2D eigenvalue weighted by atomic mass is 9.81. The topological polar surface area (TPSA) is 54.0 Å². The minimum atomic E-state index is -0.0191. The van der Waals surface area contributed by atoms with Crippen LogP contribution in [0.15, 0.2) is 18.3 Å². The first-order valence-electron chi connectivity index (χ1n) is 8.17. The summed E-state index contributed by atoms with van der Waals surface area (Å²) in [6.07, 6.45) is 8.07. The van der Waals surface area contributed by atoms with E-state index >= 15 is 0 Å². The highest BCUT2D eigenvalue weighted by molar-refractivity contribution is 5.94. The largest absolute Gasteiger partial charge is 0.370 e. The van der Waals surface area contributed by atoms with E-state index in [2.05, 4.69) is 22.5 Å². The van der Waals surface area contributed by atoms with E-state index in [0.29, 0.717) is 5.56 Å². The quantitative estimate of drug-likeness (QED) is 0.843. The Morgan fingerprint density at radius 2 is 2.24 bits per heavy atom. The number of anilines is 1. The molecule has 2 atom stereocenters. The van der Waals surface area contributed by atoms with Gasteiger partial charge in [-0.15, -0.1) is 0 Å². The Hall–Kier alpha value is -1.58. The van der Waals surface area contributed by atoms with E-state index in [1.54, 1.807) is 6.20 Å². The Kier molecular flexibility index (Phi) is 6.03. The van der Waals surface area contributed by atoms with Gasteiger partial charge in [-0.05, 0) is 43.7 Å². The minimum Gasteiger partial charge on any atom is -0.370 e. The molecule has 2 rings (SSSR count). The Morgan fingerprint density at radius 3 is 2.90 bits per heavy atom. The van der Waals surface area contributed by atoms with E-state index in [1.807, 2.05) is 19.1 Å². The predicted octanol–water partition coefficient (Wildman–Crippen LogP) is 3.46. The van der Waals surface area contributed by atoms with Crippen molar-refractivity contribution in [3.8, 4) is 0 Å².